The first kappa shape index (κ1) is 27.1. The lowest BCUT2D eigenvalue weighted by Crippen LogP contribution is -2.33. The van der Waals surface area contributed by atoms with Crippen LogP contribution in [0.15, 0.2) is 0 Å². The molecule has 0 aromatic carbocycles. The molecule has 0 spiro atoms. The molecule has 8 nitrogen and oxygen atoms in total. The minimum absolute atomic E-state index is 0.0596. The third-order valence-electron chi connectivity index (χ3n) is 4.16. The van der Waals surface area contributed by atoms with Gasteiger partial charge in [-0.3, -0.25) is 9.59 Å². The molecular formula is C19H40N4O4S. The van der Waals surface area contributed by atoms with Gasteiger partial charge in [0, 0.05) is 43.6 Å². The van der Waals surface area contributed by atoms with Crippen LogP contribution in [-0.4, -0.2) is 82.6 Å². The summed E-state index contributed by atoms with van der Waals surface area (Å²) in [6.07, 6.45) is 3.62. The van der Waals surface area contributed by atoms with Crippen molar-refractivity contribution in [1.82, 2.24) is 21.3 Å². The van der Waals surface area contributed by atoms with Gasteiger partial charge in [0.05, 0.1) is 26.4 Å². The first-order valence-corrected chi connectivity index (χ1v) is 11.2. The molecule has 4 N–H and O–H groups in total. The molecule has 0 aliphatic rings. The third kappa shape index (κ3) is 17.2. The van der Waals surface area contributed by atoms with E-state index in [1.165, 1.54) is 6.92 Å². The van der Waals surface area contributed by atoms with Crippen molar-refractivity contribution in [2.24, 2.45) is 0 Å². The molecule has 0 aromatic rings. The number of carbonyl (C=O) groups excluding carboxylic acids is 2. The van der Waals surface area contributed by atoms with E-state index in [0.29, 0.717) is 57.2 Å². The van der Waals surface area contributed by atoms with Gasteiger partial charge in [0.25, 0.3) is 0 Å². The maximum absolute atomic E-state index is 11.9. The van der Waals surface area contributed by atoms with Crippen LogP contribution in [0, 0.1) is 0 Å². The van der Waals surface area contributed by atoms with Crippen LogP contribution in [0.4, 0.5) is 0 Å². The standard InChI is InChI=1S/C19H40N4O4S/c1-16(21-4)18(28-15-20-3)7-5-6-8-19(25)23-10-12-27-14-13-26-11-9-22-17(2)24/h16,18,20-21H,5-15H2,1-4H3,(H,22,24)(H,23,25). The van der Waals surface area contributed by atoms with Gasteiger partial charge < -0.3 is 30.7 Å². The van der Waals surface area contributed by atoms with E-state index in [0.717, 1.165) is 25.1 Å². The normalized spacial score (nSPS) is 13.1. The monoisotopic (exact) mass is 420 g/mol. The smallest absolute Gasteiger partial charge is 0.220 e. The van der Waals surface area contributed by atoms with Crippen molar-refractivity contribution in [3.8, 4) is 0 Å². The molecule has 0 radical (unpaired) electrons. The van der Waals surface area contributed by atoms with Gasteiger partial charge in [0.15, 0.2) is 0 Å². The highest BCUT2D eigenvalue weighted by Gasteiger charge is 2.15. The minimum Gasteiger partial charge on any atom is -0.377 e. The Balaban J connectivity index is 3.53. The highest BCUT2D eigenvalue weighted by atomic mass is 32.2. The van der Waals surface area contributed by atoms with E-state index < -0.39 is 0 Å². The summed E-state index contributed by atoms with van der Waals surface area (Å²) in [4.78, 5) is 22.5. The molecule has 0 heterocycles. The predicted molar refractivity (Wildman–Crippen MR) is 116 cm³/mol. The first-order chi connectivity index (χ1) is 13.5. The quantitative estimate of drug-likeness (QED) is 0.180. The molecule has 0 rings (SSSR count). The maximum Gasteiger partial charge on any atom is 0.220 e. The Morgan fingerprint density at radius 2 is 1.61 bits per heavy atom. The molecule has 0 aromatic heterocycles. The highest BCUT2D eigenvalue weighted by Crippen LogP contribution is 2.20. The predicted octanol–water partition coefficient (Wildman–Crippen LogP) is 0.719. The summed E-state index contributed by atoms with van der Waals surface area (Å²) in [5.41, 5.74) is 0. The van der Waals surface area contributed by atoms with Crippen LogP contribution in [0.5, 0.6) is 0 Å². The summed E-state index contributed by atoms with van der Waals surface area (Å²) in [7, 11) is 3.95. The zero-order valence-corrected chi connectivity index (χ0v) is 18.8. The van der Waals surface area contributed by atoms with E-state index in [-0.39, 0.29) is 11.8 Å². The van der Waals surface area contributed by atoms with E-state index in [9.17, 15) is 9.59 Å². The molecule has 2 unspecified atom stereocenters. The van der Waals surface area contributed by atoms with Crippen molar-refractivity contribution in [2.45, 2.75) is 50.8 Å². The fourth-order valence-electron chi connectivity index (χ4n) is 2.46. The minimum atomic E-state index is -0.0596. The Kier molecular flexibility index (Phi) is 18.8. The van der Waals surface area contributed by atoms with Crippen LogP contribution < -0.4 is 21.3 Å². The Morgan fingerprint density at radius 3 is 2.18 bits per heavy atom. The number of nitrogens with one attached hydrogen (secondary N) is 4. The van der Waals surface area contributed by atoms with E-state index in [1.807, 2.05) is 25.9 Å². The zero-order valence-electron chi connectivity index (χ0n) is 18.0. The van der Waals surface area contributed by atoms with Gasteiger partial charge in [-0.1, -0.05) is 6.42 Å². The molecule has 0 saturated carbocycles. The number of ether oxygens (including phenoxy) is 2. The molecule has 0 aliphatic heterocycles. The second kappa shape index (κ2) is 19.4. The lowest BCUT2D eigenvalue weighted by molar-refractivity contribution is -0.121. The maximum atomic E-state index is 11.9. The Bertz CT molecular complexity index is 402. The zero-order chi connectivity index (χ0) is 21.0. The molecule has 0 saturated heterocycles. The summed E-state index contributed by atoms with van der Waals surface area (Å²) < 4.78 is 10.7. The van der Waals surface area contributed by atoms with Crippen molar-refractivity contribution < 1.29 is 19.1 Å². The van der Waals surface area contributed by atoms with Gasteiger partial charge in [-0.05, 0) is 33.9 Å². The average molecular weight is 421 g/mol. The lowest BCUT2D eigenvalue weighted by atomic mass is 10.1. The summed E-state index contributed by atoms with van der Waals surface area (Å²) in [6.45, 7) is 6.61. The van der Waals surface area contributed by atoms with Gasteiger partial charge in [-0.15, -0.1) is 11.8 Å². The number of rotatable bonds is 19. The van der Waals surface area contributed by atoms with Crippen LogP contribution in [0.25, 0.3) is 0 Å². The van der Waals surface area contributed by atoms with Crippen LogP contribution in [-0.2, 0) is 19.1 Å². The van der Waals surface area contributed by atoms with Crippen molar-refractivity contribution in [1.29, 1.82) is 0 Å². The van der Waals surface area contributed by atoms with Gasteiger partial charge in [-0.25, -0.2) is 0 Å². The fraction of sp³-hybridized carbons (Fsp3) is 0.895. The Labute approximate surface area is 174 Å². The summed E-state index contributed by atoms with van der Waals surface area (Å²) in [5.74, 6) is 0.962. The molecule has 28 heavy (non-hydrogen) atoms. The number of hydrogen-bond donors (Lipinski definition) is 4. The number of unbranched alkanes of at least 4 members (excludes halogenated alkanes) is 1. The molecule has 0 aliphatic carbocycles. The van der Waals surface area contributed by atoms with Gasteiger partial charge >= 0.3 is 0 Å². The number of thioether (sulfide) groups is 1. The SMILES string of the molecule is CNCSC(CCCCC(=O)NCCOCCOCCNC(C)=O)C(C)NC. The van der Waals surface area contributed by atoms with E-state index in [4.69, 9.17) is 9.47 Å². The van der Waals surface area contributed by atoms with Crippen LogP contribution >= 0.6 is 11.8 Å². The van der Waals surface area contributed by atoms with Gasteiger partial charge in [-0.2, -0.15) is 0 Å². The van der Waals surface area contributed by atoms with Crippen LogP contribution in [0.3, 0.4) is 0 Å². The molecule has 0 bridgehead atoms. The van der Waals surface area contributed by atoms with E-state index in [1.54, 1.807) is 0 Å². The summed E-state index contributed by atoms with van der Waals surface area (Å²) >= 11 is 1.92. The van der Waals surface area contributed by atoms with E-state index in [2.05, 4.69) is 28.2 Å². The van der Waals surface area contributed by atoms with Crippen LogP contribution in [0.1, 0.15) is 39.5 Å². The number of carbonyl (C=O) groups is 2. The second-order valence-electron chi connectivity index (χ2n) is 6.58. The van der Waals surface area contributed by atoms with Gasteiger partial charge in [0.1, 0.15) is 0 Å². The topological polar surface area (TPSA) is 101 Å². The second-order valence-corrected chi connectivity index (χ2v) is 7.81. The molecule has 166 valence electrons. The lowest BCUT2D eigenvalue weighted by Gasteiger charge is -2.23. The molecule has 0 fully saturated rings. The van der Waals surface area contributed by atoms with Crippen molar-refractivity contribution in [3.63, 3.8) is 0 Å². The largest absolute Gasteiger partial charge is 0.377 e. The third-order valence-corrected chi connectivity index (χ3v) is 5.69. The molecule has 2 amide bonds. The van der Waals surface area contributed by atoms with Crippen molar-refractivity contribution in [2.75, 3.05) is 59.5 Å². The van der Waals surface area contributed by atoms with Crippen molar-refractivity contribution >= 4 is 23.6 Å². The van der Waals surface area contributed by atoms with E-state index >= 15 is 0 Å². The Morgan fingerprint density at radius 1 is 0.964 bits per heavy atom. The highest BCUT2D eigenvalue weighted by molar-refractivity contribution is 7.99. The van der Waals surface area contributed by atoms with Crippen molar-refractivity contribution in [3.05, 3.63) is 0 Å². The average Bonchev–Trinajstić information content (AvgIpc) is 2.68. The number of amides is 2. The van der Waals surface area contributed by atoms with Gasteiger partial charge in [0.2, 0.25) is 11.8 Å². The fourth-order valence-corrected chi connectivity index (χ4v) is 3.60. The molecular weight excluding hydrogens is 380 g/mol. The molecule has 9 heteroatoms. The Hall–Kier alpha value is -0.870. The summed E-state index contributed by atoms with van der Waals surface area (Å²) in [5, 5.41) is 12.6. The molecule has 2 atom stereocenters. The number of hydrogen-bond acceptors (Lipinski definition) is 7. The first-order valence-electron chi connectivity index (χ1n) is 10.1. The summed E-state index contributed by atoms with van der Waals surface area (Å²) in [6, 6.07) is 0.457. The van der Waals surface area contributed by atoms with Crippen LogP contribution in [0.2, 0.25) is 0 Å².